The van der Waals surface area contributed by atoms with E-state index in [4.69, 9.17) is 4.74 Å². The van der Waals surface area contributed by atoms with Gasteiger partial charge in [0.05, 0.1) is 12.2 Å². The second-order valence-electron chi connectivity index (χ2n) is 6.37. The number of halogens is 1. The Labute approximate surface area is 162 Å². The van der Waals surface area contributed by atoms with Crippen molar-refractivity contribution in [2.45, 2.75) is 13.8 Å². The maximum Gasteiger partial charge on any atom is 0.319 e. The summed E-state index contributed by atoms with van der Waals surface area (Å²) in [4.78, 5) is 11.9. The van der Waals surface area contributed by atoms with Gasteiger partial charge in [-0.3, -0.25) is 0 Å². The van der Waals surface area contributed by atoms with Gasteiger partial charge in [0.2, 0.25) is 5.88 Å². The van der Waals surface area contributed by atoms with Gasteiger partial charge in [-0.15, -0.1) is 10.2 Å². The monoisotopic (exact) mass is 380 g/mol. The number of carbonyl (C=O) groups excluding carboxylic acids is 1. The SMILES string of the molecule is Cc1cc(C)cc(NC(=O)NCCOc2ccc(-c3ccc(F)cc3)nn2)c1. The Balaban J connectivity index is 1.43. The molecule has 0 saturated carbocycles. The number of aryl methyl sites for hydroxylation is 2. The van der Waals surface area contributed by atoms with Gasteiger partial charge in [0, 0.05) is 17.3 Å². The standard InChI is InChI=1S/C21H21FN4O2/c1-14-11-15(2)13-18(12-14)24-21(27)23-9-10-28-20-8-7-19(25-26-20)16-3-5-17(22)6-4-16/h3-8,11-13H,9-10H2,1-2H3,(H2,23,24,27). The first-order chi connectivity index (χ1) is 13.5. The zero-order valence-corrected chi connectivity index (χ0v) is 15.7. The van der Waals surface area contributed by atoms with Gasteiger partial charge in [-0.2, -0.15) is 0 Å². The van der Waals surface area contributed by atoms with Gasteiger partial charge in [0.25, 0.3) is 0 Å². The van der Waals surface area contributed by atoms with E-state index in [9.17, 15) is 9.18 Å². The van der Waals surface area contributed by atoms with E-state index >= 15 is 0 Å². The zero-order chi connectivity index (χ0) is 19.9. The van der Waals surface area contributed by atoms with Gasteiger partial charge in [0.15, 0.2) is 0 Å². The number of aromatic nitrogens is 2. The molecule has 0 spiro atoms. The number of benzene rings is 2. The molecule has 0 aliphatic rings. The third kappa shape index (κ3) is 5.51. The average Bonchev–Trinajstić information content (AvgIpc) is 2.65. The molecule has 3 aromatic rings. The van der Waals surface area contributed by atoms with Crippen LogP contribution < -0.4 is 15.4 Å². The lowest BCUT2D eigenvalue weighted by atomic mass is 10.1. The minimum Gasteiger partial charge on any atom is -0.475 e. The van der Waals surface area contributed by atoms with Crippen LogP contribution in [0.5, 0.6) is 5.88 Å². The van der Waals surface area contributed by atoms with Crippen LogP contribution in [-0.2, 0) is 0 Å². The van der Waals surface area contributed by atoms with Crippen molar-refractivity contribution in [2.75, 3.05) is 18.5 Å². The van der Waals surface area contributed by atoms with Crippen LogP contribution in [0, 0.1) is 19.7 Å². The molecule has 2 N–H and O–H groups in total. The number of nitrogens with one attached hydrogen (secondary N) is 2. The maximum absolute atomic E-state index is 13.0. The number of ether oxygens (including phenoxy) is 1. The fraction of sp³-hybridized carbons (Fsp3) is 0.190. The van der Waals surface area contributed by atoms with E-state index < -0.39 is 0 Å². The maximum atomic E-state index is 13.0. The third-order valence-corrected chi connectivity index (χ3v) is 3.90. The van der Waals surface area contributed by atoms with E-state index in [0.29, 0.717) is 18.1 Å². The lowest BCUT2D eigenvalue weighted by Crippen LogP contribution is -2.32. The molecule has 0 aliphatic carbocycles. The van der Waals surface area contributed by atoms with Gasteiger partial charge >= 0.3 is 6.03 Å². The molecule has 0 unspecified atom stereocenters. The normalized spacial score (nSPS) is 10.4. The topological polar surface area (TPSA) is 76.1 Å². The second-order valence-corrected chi connectivity index (χ2v) is 6.37. The minimum atomic E-state index is -0.300. The summed E-state index contributed by atoms with van der Waals surface area (Å²) in [7, 11) is 0. The molecule has 0 bridgehead atoms. The number of anilines is 1. The second kappa shape index (κ2) is 8.94. The van der Waals surface area contributed by atoms with Crippen LogP contribution in [0.2, 0.25) is 0 Å². The van der Waals surface area contributed by atoms with Gasteiger partial charge < -0.3 is 15.4 Å². The third-order valence-electron chi connectivity index (χ3n) is 3.90. The largest absolute Gasteiger partial charge is 0.475 e. The average molecular weight is 380 g/mol. The highest BCUT2D eigenvalue weighted by Gasteiger charge is 2.04. The smallest absolute Gasteiger partial charge is 0.319 e. The van der Waals surface area contributed by atoms with E-state index in [2.05, 4.69) is 20.8 Å². The van der Waals surface area contributed by atoms with Crippen LogP contribution in [0.25, 0.3) is 11.3 Å². The highest BCUT2D eigenvalue weighted by Crippen LogP contribution is 2.18. The van der Waals surface area contributed by atoms with Crippen molar-refractivity contribution in [2.24, 2.45) is 0 Å². The number of rotatable bonds is 6. The molecule has 7 heteroatoms. The van der Waals surface area contributed by atoms with Crippen molar-refractivity contribution >= 4 is 11.7 Å². The fourth-order valence-corrected chi connectivity index (χ4v) is 2.71. The molecule has 144 valence electrons. The van der Waals surface area contributed by atoms with Crippen LogP contribution in [-0.4, -0.2) is 29.4 Å². The molecule has 0 aliphatic heterocycles. The highest BCUT2D eigenvalue weighted by atomic mass is 19.1. The van der Waals surface area contributed by atoms with Gasteiger partial charge in [-0.25, -0.2) is 9.18 Å². The molecule has 6 nitrogen and oxygen atoms in total. The van der Waals surface area contributed by atoms with Crippen molar-refractivity contribution in [1.82, 2.24) is 15.5 Å². The Hall–Kier alpha value is -3.48. The fourth-order valence-electron chi connectivity index (χ4n) is 2.71. The molecule has 0 atom stereocenters. The summed E-state index contributed by atoms with van der Waals surface area (Å²) in [5.74, 6) is 0.0492. The summed E-state index contributed by atoms with van der Waals surface area (Å²) in [6.45, 7) is 4.53. The minimum absolute atomic E-state index is 0.255. The molecule has 1 heterocycles. The number of hydrogen-bond donors (Lipinski definition) is 2. The summed E-state index contributed by atoms with van der Waals surface area (Å²) >= 11 is 0. The number of amides is 2. The number of nitrogens with zero attached hydrogens (tertiary/aromatic N) is 2. The summed E-state index contributed by atoms with van der Waals surface area (Å²) in [6, 6.07) is 15.0. The summed E-state index contributed by atoms with van der Waals surface area (Å²) in [5.41, 5.74) is 4.31. The van der Waals surface area contributed by atoms with Crippen LogP contribution in [0.3, 0.4) is 0 Å². The molecule has 1 aromatic heterocycles. The van der Waals surface area contributed by atoms with Crippen molar-refractivity contribution < 1.29 is 13.9 Å². The Bertz CT molecular complexity index is 923. The van der Waals surface area contributed by atoms with Gasteiger partial charge in [0.1, 0.15) is 12.4 Å². The Morgan fingerprint density at radius 2 is 1.71 bits per heavy atom. The molecular formula is C21H21FN4O2. The molecule has 3 rings (SSSR count). The van der Waals surface area contributed by atoms with Crippen LogP contribution in [0.15, 0.2) is 54.6 Å². The predicted molar refractivity (Wildman–Crippen MR) is 106 cm³/mol. The molecular weight excluding hydrogens is 359 g/mol. The summed E-state index contributed by atoms with van der Waals surface area (Å²) < 4.78 is 18.4. The van der Waals surface area contributed by atoms with Crippen LogP contribution >= 0.6 is 0 Å². The van der Waals surface area contributed by atoms with Crippen molar-refractivity contribution in [3.63, 3.8) is 0 Å². The lowest BCUT2D eigenvalue weighted by Gasteiger charge is -2.10. The van der Waals surface area contributed by atoms with E-state index in [1.165, 1.54) is 12.1 Å². The Kier molecular flexibility index (Phi) is 6.16. The number of carbonyl (C=O) groups is 1. The van der Waals surface area contributed by atoms with Crippen LogP contribution in [0.1, 0.15) is 11.1 Å². The Morgan fingerprint density at radius 1 is 1.00 bits per heavy atom. The summed E-state index contributed by atoms with van der Waals surface area (Å²) in [6.07, 6.45) is 0. The van der Waals surface area contributed by atoms with E-state index in [1.54, 1.807) is 24.3 Å². The molecule has 0 saturated heterocycles. The molecule has 0 fully saturated rings. The van der Waals surface area contributed by atoms with Crippen molar-refractivity contribution in [3.05, 3.63) is 71.5 Å². The number of hydrogen-bond acceptors (Lipinski definition) is 4. The van der Waals surface area contributed by atoms with Gasteiger partial charge in [-0.05, 0) is 67.4 Å². The van der Waals surface area contributed by atoms with E-state index in [-0.39, 0.29) is 18.5 Å². The predicted octanol–water partition coefficient (Wildman–Crippen LogP) is 4.10. The van der Waals surface area contributed by atoms with E-state index in [1.807, 2.05) is 32.0 Å². The molecule has 0 radical (unpaired) electrons. The van der Waals surface area contributed by atoms with Crippen LogP contribution in [0.4, 0.5) is 14.9 Å². The van der Waals surface area contributed by atoms with Crippen molar-refractivity contribution in [1.29, 1.82) is 0 Å². The first-order valence-corrected chi connectivity index (χ1v) is 8.85. The molecule has 2 aromatic carbocycles. The molecule has 2 amide bonds. The lowest BCUT2D eigenvalue weighted by molar-refractivity contribution is 0.246. The first kappa shape index (κ1) is 19.3. The highest BCUT2D eigenvalue weighted by molar-refractivity contribution is 5.89. The number of urea groups is 1. The quantitative estimate of drug-likeness (QED) is 0.631. The summed E-state index contributed by atoms with van der Waals surface area (Å²) in [5, 5.41) is 13.6. The van der Waals surface area contributed by atoms with E-state index in [0.717, 1.165) is 22.4 Å². The van der Waals surface area contributed by atoms with Gasteiger partial charge in [-0.1, -0.05) is 6.07 Å². The first-order valence-electron chi connectivity index (χ1n) is 8.85. The molecule has 28 heavy (non-hydrogen) atoms. The Morgan fingerprint density at radius 3 is 2.36 bits per heavy atom. The van der Waals surface area contributed by atoms with Crippen molar-refractivity contribution in [3.8, 4) is 17.1 Å². The zero-order valence-electron chi connectivity index (χ0n) is 15.7.